The summed E-state index contributed by atoms with van der Waals surface area (Å²) in [4.78, 5) is 4.26. The van der Waals surface area contributed by atoms with Crippen molar-refractivity contribution in [1.82, 2.24) is 19.7 Å². The van der Waals surface area contributed by atoms with Crippen molar-refractivity contribution in [2.75, 3.05) is 0 Å². The summed E-state index contributed by atoms with van der Waals surface area (Å²) >= 11 is 0. The fourth-order valence-corrected chi connectivity index (χ4v) is 1.72. The van der Waals surface area contributed by atoms with E-state index in [1.807, 2.05) is 24.3 Å². The van der Waals surface area contributed by atoms with Crippen molar-refractivity contribution >= 4 is 11.0 Å². The van der Waals surface area contributed by atoms with Gasteiger partial charge in [0.1, 0.15) is 12.4 Å². The highest BCUT2D eigenvalue weighted by molar-refractivity contribution is 5.77. The number of hydrogen-bond donors (Lipinski definition) is 0. The minimum absolute atomic E-state index is 0.475. The van der Waals surface area contributed by atoms with Crippen LogP contribution in [0.4, 0.5) is 0 Å². The molecule has 0 saturated heterocycles. The summed E-state index contributed by atoms with van der Waals surface area (Å²) in [6.45, 7) is 0. The Kier molecular flexibility index (Phi) is 2.06. The molecule has 2 heterocycles. The maximum Gasteiger partial charge on any atom is 0.179 e. The van der Waals surface area contributed by atoms with Gasteiger partial charge in [0, 0.05) is 0 Å². The number of nitrogens with zero attached hydrogens (tertiary/aromatic N) is 5. The van der Waals surface area contributed by atoms with Gasteiger partial charge in [-0.05, 0) is 18.2 Å². The molecule has 1 aromatic carbocycles. The van der Waals surface area contributed by atoms with E-state index in [1.165, 1.54) is 6.20 Å². The Morgan fingerprint density at radius 1 is 1.18 bits per heavy atom. The van der Waals surface area contributed by atoms with Crippen LogP contribution in [0.1, 0.15) is 5.56 Å². The Bertz CT molecular complexity index is 723. The monoisotopic (exact) mass is 221 g/mol. The van der Waals surface area contributed by atoms with Crippen LogP contribution in [0.25, 0.3) is 16.9 Å². The average Bonchev–Trinajstić information content (AvgIpc) is 2.82. The largest absolute Gasteiger partial charge is 0.280 e. The Balaban J connectivity index is 2.32. The Morgan fingerprint density at radius 2 is 2.06 bits per heavy atom. The molecule has 2 aromatic heterocycles. The molecule has 5 heteroatoms. The van der Waals surface area contributed by atoms with Gasteiger partial charge in [0.05, 0.1) is 22.8 Å². The summed E-state index contributed by atoms with van der Waals surface area (Å²) < 4.78 is 1.76. The first-order chi connectivity index (χ1) is 8.40. The molecule has 0 spiro atoms. The summed E-state index contributed by atoms with van der Waals surface area (Å²) in [5.41, 5.74) is 2.25. The highest BCUT2D eigenvalue weighted by atomic mass is 15.2. The molecular weight excluding hydrogens is 214 g/mol. The van der Waals surface area contributed by atoms with E-state index in [0.29, 0.717) is 11.4 Å². The van der Waals surface area contributed by atoms with Crippen LogP contribution in [0.15, 0.2) is 42.9 Å². The summed E-state index contributed by atoms with van der Waals surface area (Å²) in [5, 5.41) is 16.8. The van der Waals surface area contributed by atoms with Crippen molar-refractivity contribution in [3.63, 3.8) is 0 Å². The Morgan fingerprint density at radius 3 is 2.94 bits per heavy atom. The van der Waals surface area contributed by atoms with Crippen LogP contribution in [-0.2, 0) is 0 Å². The average molecular weight is 221 g/mol. The van der Waals surface area contributed by atoms with Crippen molar-refractivity contribution < 1.29 is 0 Å². The van der Waals surface area contributed by atoms with E-state index in [9.17, 15) is 0 Å². The first-order valence-corrected chi connectivity index (χ1v) is 5.04. The molecule has 0 saturated carbocycles. The molecule has 17 heavy (non-hydrogen) atoms. The third kappa shape index (κ3) is 1.43. The standard InChI is InChI=1S/C12H7N5/c13-7-9-5-6-15-16-12(9)17-8-14-10-3-1-2-4-11(10)17/h1-6,8H. The van der Waals surface area contributed by atoms with E-state index in [-0.39, 0.29) is 0 Å². The van der Waals surface area contributed by atoms with Crippen LogP contribution in [0.3, 0.4) is 0 Å². The van der Waals surface area contributed by atoms with E-state index in [0.717, 1.165) is 11.0 Å². The zero-order chi connectivity index (χ0) is 11.7. The first kappa shape index (κ1) is 9.48. The molecule has 0 aliphatic heterocycles. The van der Waals surface area contributed by atoms with E-state index in [1.54, 1.807) is 17.0 Å². The van der Waals surface area contributed by atoms with Gasteiger partial charge in [0.15, 0.2) is 5.82 Å². The lowest BCUT2D eigenvalue weighted by atomic mass is 10.3. The molecular formula is C12H7N5. The molecule has 0 fully saturated rings. The number of rotatable bonds is 1. The number of aromatic nitrogens is 4. The number of fused-ring (bicyclic) bond motifs is 1. The fourth-order valence-electron chi connectivity index (χ4n) is 1.72. The third-order valence-electron chi connectivity index (χ3n) is 2.50. The zero-order valence-electron chi connectivity index (χ0n) is 8.78. The first-order valence-electron chi connectivity index (χ1n) is 5.04. The molecule has 5 nitrogen and oxygen atoms in total. The fraction of sp³-hybridized carbons (Fsp3) is 0. The normalized spacial score (nSPS) is 10.3. The lowest BCUT2D eigenvalue weighted by Crippen LogP contribution is -2.00. The molecule has 0 unspecified atom stereocenters. The molecule has 0 aliphatic carbocycles. The molecule has 0 amide bonds. The SMILES string of the molecule is N#Cc1ccnnc1-n1cnc2ccccc21. The predicted octanol–water partition coefficient (Wildman–Crippen LogP) is 1.69. The van der Waals surface area contributed by atoms with Gasteiger partial charge in [-0.3, -0.25) is 4.57 Å². The lowest BCUT2D eigenvalue weighted by Gasteiger charge is -2.03. The molecule has 0 atom stereocenters. The van der Waals surface area contributed by atoms with Crippen molar-refractivity contribution in [2.45, 2.75) is 0 Å². The molecule has 0 aliphatic rings. The van der Waals surface area contributed by atoms with Gasteiger partial charge >= 0.3 is 0 Å². The van der Waals surface area contributed by atoms with E-state index < -0.39 is 0 Å². The summed E-state index contributed by atoms with van der Waals surface area (Å²) in [7, 11) is 0. The minimum Gasteiger partial charge on any atom is -0.280 e. The quantitative estimate of drug-likeness (QED) is 0.627. The second-order valence-electron chi connectivity index (χ2n) is 3.48. The highest BCUT2D eigenvalue weighted by Crippen LogP contribution is 2.17. The van der Waals surface area contributed by atoms with Gasteiger partial charge in [-0.15, -0.1) is 5.10 Å². The van der Waals surface area contributed by atoms with Gasteiger partial charge in [-0.25, -0.2) is 4.98 Å². The predicted molar refractivity (Wildman–Crippen MR) is 61.4 cm³/mol. The van der Waals surface area contributed by atoms with Crippen molar-refractivity contribution in [1.29, 1.82) is 5.26 Å². The number of nitriles is 1. The number of hydrogen-bond acceptors (Lipinski definition) is 4. The maximum atomic E-state index is 9.04. The van der Waals surface area contributed by atoms with Gasteiger partial charge in [-0.1, -0.05) is 12.1 Å². The van der Waals surface area contributed by atoms with Crippen LogP contribution in [0, 0.1) is 11.3 Å². The molecule has 0 bridgehead atoms. The number of para-hydroxylation sites is 2. The van der Waals surface area contributed by atoms with Gasteiger partial charge in [-0.2, -0.15) is 10.4 Å². The van der Waals surface area contributed by atoms with E-state index in [2.05, 4.69) is 21.3 Å². The van der Waals surface area contributed by atoms with Crippen molar-refractivity contribution in [3.8, 4) is 11.9 Å². The topological polar surface area (TPSA) is 67.4 Å². The summed E-state index contributed by atoms with van der Waals surface area (Å²) in [6.07, 6.45) is 3.15. The van der Waals surface area contributed by atoms with E-state index >= 15 is 0 Å². The van der Waals surface area contributed by atoms with Crippen molar-refractivity contribution in [3.05, 3.63) is 48.4 Å². The second kappa shape index (κ2) is 3.68. The third-order valence-corrected chi connectivity index (χ3v) is 2.50. The maximum absolute atomic E-state index is 9.04. The molecule has 3 rings (SSSR count). The Labute approximate surface area is 97.0 Å². The number of benzene rings is 1. The van der Waals surface area contributed by atoms with Crippen LogP contribution in [0.2, 0.25) is 0 Å². The lowest BCUT2D eigenvalue weighted by molar-refractivity contribution is 0.922. The summed E-state index contributed by atoms with van der Waals surface area (Å²) in [5.74, 6) is 0.503. The zero-order valence-corrected chi connectivity index (χ0v) is 8.78. The Hall–Kier alpha value is -2.74. The summed E-state index contributed by atoms with van der Waals surface area (Å²) in [6, 6.07) is 11.4. The number of imidazole rings is 1. The molecule has 3 aromatic rings. The van der Waals surface area contributed by atoms with Gasteiger partial charge < -0.3 is 0 Å². The molecule has 0 radical (unpaired) electrons. The van der Waals surface area contributed by atoms with Crippen LogP contribution in [-0.4, -0.2) is 19.7 Å². The smallest absolute Gasteiger partial charge is 0.179 e. The second-order valence-corrected chi connectivity index (χ2v) is 3.48. The van der Waals surface area contributed by atoms with Crippen LogP contribution < -0.4 is 0 Å². The van der Waals surface area contributed by atoms with Crippen LogP contribution in [0.5, 0.6) is 0 Å². The molecule has 0 N–H and O–H groups in total. The van der Waals surface area contributed by atoms with Gasteiger partial charge in [0.25, 0.3) is 0 Å². The van der Waals surface area contributed by atoms with Crippen molar-refractivity contribution in [2.24, 2.45) is 0 Å². The highest BCUT2D eigenvalue weighted by Gasteiger charge is 2.09. The van der Waals surface area contributed by atoms with E-state index in [4.69, 9.17) is 5.26 Å². The van der Waals surface area contributed by atoms with Gasteiger partial charge in [0.2, 0.25) is 0 Å². The minimum atomic E-state index is 0.475. The van der Waals surface area contributed by atoms with Crippen LogP contribution >= 0.6 is 0 Å². The molecule has 80 valence electrons.